The van der Waals surface area contributed by atoms with Crippen molar-refractivity contribution in [3.8, 4) is 0 Å². The van der Waals surface area contributed by atoms with E-state index in [1.165, 1.54) is 12.8 Å². The monoisotopic (exact) mass is 283 g/mol. The van der Waals surface area contributed by atoms with Crippen LogP contribution in [0.1, 0.15) is 46.5 Å². The van der Waals surface area contributed by atoms with Crippen LogP contribution in [0.5, 0.6) is 0 Å². The molecule has 1 saturated carbocycles. The van der Waals surface area contributed by atoms with Gasteiger partial charge >= 0.3 is 5.97 Å². The third kappa shape index (κ3) is 3.14. The van der Waals surface area contributed by atoms with E-state index in [4.69, 9.17) is 4.74 Å². The Balaban J connectivity index is 1.92. The molecule has 1 saturated heterocycles. The van der Waals surface area contributed by atoms with Crippen molar-refractivity contribution in [2.24, 2.45) is 17.3 Å². The largest absolute Gasteiger partial charge is 0.481 e. The van der Waals surface area contributed by atoms with Crippen LogP contribution in [0, 0.1) is 17.3 Å². The van der Waals surface area contributed by atoms with E-state index in [0.29, 0.717) is 12.5 Å². The van der Waals surface area contributed by atoms with Crippen LogP contribution in [-0.2, 0) is 14.3 Å². The van der Waals surface area contributed by atoms with Crippen LogP contribution in [0.4, 0.5) is 0 Å². The van der Waals surface area contributed by atoms with E-state index in [1.807, 2.05) is 13.8 Å². The van der Waals surface area contributed by atoms with Crippen molar-refractivity contribution in [1.82, 2.24) is 5.32 Å². The van der Waals surface area contributed by atoms with E-state index < -0.39 is 11.4 Å². The fourth-order valence-corrected chi connectivity index (χ4v) is 2.77. The maximum Gasteiger partial charge on any atom is 0.310 e. The zero-order chi connectivity index (χ0) is 14.9. The molecule has 0 aromatic heterocycles. The molecule has 1 aliphatic heterocycles. The minimum absolute atomic E-state index is 0.0217. The van der Waals surface area contributed by atoms with Gasteiger partial charge in [-0.25, -0.2) is 0 Å². The average Bonchev–Trinajstić information content (AvgIpc) is 3.10. The first-order chi connectivity index (χ1) is 9.34. The van der Waals surface area contributed by atoms with E-state index in [2.05, 4.69) is 5.32 Å². The second-order valence-electron chi connectivity index (χ2n) is 6.69. The van der Waals surface area contributed by atoms with Gasteiger partial charge in [0.1, 0.15) is 0 Å². The van der Waals surface area contributed by atoms with Crippen LogP contribution >= 0.6 is 0 Å². The molecular weight excluding hydrogens is 258 g/mol. The topological polar surface area (TPSA) is 75.6 Å². The molecule has 2 fully saturated rings. The molecule has 0 radical (unpaired) electrons. The van der Waals surface area contributed by atoms with Gasteiger partial charge in [-0.15, -0.1) is 0 Å². The smallest absolute Gasteiger partial charge is 0.310 e. The van der Waals surface area contributed by atoms with E-state index in [0.717, 1.165) is 6.42 Å². The van der Waals surface area contributed by atoms with Crippen molar-refractivity contribution < 1.29 is 19.4 Å². The summed E-state index contributed by atoms with van der Waals surface area (Å²) in [6, 6.07) is 0.0557. The molecule has 1 heterocycles. The maximum absolute atomic E-state index is 12.2. The molecule has 2 aliphatic rings. The number of hydrogen-bond acceptors (Lipinski definition) is 3. The lowest BCUT2D eigenvalue weighted by atomic mass is 9.76. The predicted molar refractivity (Wildman–Crippen MR) is 74.2 cm³/mol. The van der Waals surface area contributed by atoms with Gasteiger partial charge in [0.15, 0.2) is 0 Å². The normalized spacial score (nSPS) is 29.2. The first kappa shape index (κ1) is 15.3. The number of aliphatic carboxylic acids is 1. The van der Waals surface area contributed by atoms with Gasteiger partial charge in [-0.1, -0.05) is 13.8 Å². The summed E-state index contributed by atoms with van der Waals surface area (Å²) < 4.78 is 5.68. The summed E-state index contributed by atoms with van der Waals surface area (Å²) in [4.78, 5) is 23.6. The van der Waals surface area contributed by atoms with Crippen molar-refractivity contribution in [1.29, 1.82) is 0 Å². The Morgan fingerprint density at radius 1 is 1.35 bits per heavy atom. The van der Waals surface area contributed by atoms with Crippen molar-refractivity contribution >= 4 is 11.9 Å². The molecule has 1 amide bonds. The van der Waals surface area contributed by atoms with Gasteiger partial charge in [-0.3, -0.25) is 9.59 Å². The van der Waals surface area contributed by atoms with Crippen LogP contribution in [0.3, 0.4) is 0 Å². The molecule has 114 valence electrons. The molecule has 3 atom stereocenters. The van der Waals surface area contributed by atoms with Crippen molar-refractivity contribution in [3.05, 3.63) is 0 Å². The Morgan fingerprint density at radius 2 is 2.00 bits per heavy atom. The highest BCUT2D eigenvalue weighted by molar-refractivity contribution is 5.85. The summed E-state index contributed by atoms with van der Waals surface area (Å²) in [6.45, 7) is 6.01. The van der Waals surface area contributed by atoms with Crippen LogP contribution in [0.2, 0.25) is 0 Å². The molecule has 0 spiro atoms. The second-order valence-corrected chi connectivity index (χ2v) is 6.69. The van der Waals surface area contributed by atoms with Crippen molar-refractivity contribution in [3.63, 3.8) is 0 Å². The minimum Gasteiger partial charge on any atom is -0.481 e. The molecule has 1 aliphatic carbocycles. The fraction of sp³-hybridized carbons (Fsp3) is 0.867. The Morgan fingerprint density at radius 3 is 2.50 bits per heavy atom. The molecule has 0 aromatic rings. The SMILES string of the molecule is CC(C)C(C)(CC(=O)NC1CCOC1C1CC1)C(=O)O. The summed E-state index contributed by atoms with van der Waals surface area (Å²) in [5, 5.41) is 12.3. The molecular formula is C15H25NO4. The van der Waals surface area contributed by atoms with Crippen LogP contribution in [0.15, 0.2) is 0 Å². The lowest BCUT2D eigenvalue weighted by Crippen LogP contribution is -2.45. The summed E-state index contributed by atoms with van der Waals surface area (Å²) in [7, 11) is 0. The zero-order valence-corrected chi connectivity index (χ0v) is 12.5. The molecule has 2 rings (SSSR count). The Kier molecular flexibility index (Phi) is 4.37. The Labute approximate surface area is 120 Å². The number of rotatable bonds is 6. The van der Waals surface area contributed by atoms with Crippen molar-refractivity contribution in [2.75, 3.05) is 6.61 Å². The standard InChI is InChI=1S/C15H25NO4/c1-9(2)15(3,14(18)19)8-12(17)16-11-6-7-20-13(11)10-4-5-10/h9-11,13H,4-8H2,1-3H3,(H,16,17)(H,18,19). The fourth-order valence-electron chi connectivity index (χ4n) is 2.77. The lowest BCUT2D eigenvalue weighted by Gasteiger charge is -2.29. The number of amides is 1. The van der Waals surface area contributed by atoms with E-state index in [-0.39, 0.29) is 30.4 Å². The summed E-state index contributed by atoms with van der Waals surface area (Å²) in [5.41, 5.74) is -1.02. The average molecular weight is 283 g/mol. The van der Waals surface area contributed by atoms with Gasteiger partial charge in [0.25, 0.3) is 0 Å². The van der Waals surface area contributed by atoms with E-state index in [1.54, 1.807) is 6.92 Å². The number of ether oxygens (including phenoxy) is 1. The number of nitrogens with one attached hydrogen (secondary N) is 1. The van der Waals surface area contributed by atoms with Crippen LogP contribution in [-0.4, -0.2) is 35.7 Å². The van der Waals surface area contributed by atoms with E-state index >= 15 is 0 Å². The van der Waals surface area contributed by atoms with Gasteiger partial charge in [-0.2, -0.15) is 0 Å². The molecule has 0 bridgehead atoms. The van der Waals surface area contributed by atoms with Gasteiger partial charge in [0, 0.05) is 13.0 Å². The lowest BCUT2D eigenvalue weighted by molar-refractivity contribution is -0.153. The maximum atomic E-state index is 12.2. The van der Waals surface area contributed by atoms with Gasteiger partial charge in [0.05, 0.1) is 17.6 Å². The molecule has 3 unspecified atom stereocenters. The molecule has 5 heteroatoms. The Hall–Kier alpha value is -1.10. The number of carboxylic acid groups (broad SMARTS) is 1. The number of carbonyl (C=O) groups excluding carboxylic acids is 1. The number of carboxylic acids is 1. The molecule has 2 N–H and O–H groups in total. The number of carbonyl (C=O) groups is 2. The molecule has 20 heavy (non-hydrogen) atoms. The van der Waals surface area contributed by atoms with Crippen molar-refractivity contribution in [2.45, 2.75) is 58.6 Å². The third-order valence-corrected chi connectivity index (χ3v) is 4.86. The summed E-state index contributed by atoms with van der Waals surface area (Å²) >= 11 is 0. The first-order valence-electron chi connectivity index (χ1n) is 7.49. The van der Waals surface area contributed by atoms with E-state index in [9.17, 15) is 14.7 Å². The van der Waals surface area contributed by atoms with Gasteiger partial charge < -0.3 is 15.2 Å². The first-order valence-corrected chi connectivity index (χ1v) is 7.49. The summed E-state index contributed by atoms with van der Waals surface area (Å²) in [6.07, 6.45) is 3.34. The third-order valence-electron chi connectivity index (χ3n) is 4.86. The van der Waals surface area contributed by atoms with Gasteiger partial charge in [-0.05, 0) is 38.0 Å². The molecule has 0 aromatic carbocycles. The predicted octanol–water partition coefficient (Wildman–Crippen LogP) is 1.81. The summed E-state index contributed by atoms with van der Waals surface area (Å²) in [5.74, 6) is -0.600. The highest BCUT2D eigenvalue weighted by Crippen LogP contribution is 2.39. The molecule has 5 nitrogen and oxygen atoms in total. The van der Waals surface area contributed by atoms with Gasteiger partial charge in [0.2, 0.25) is 5.91 Å². The Bertz CT molecular complexity index is 391. The van der Waals surface area contributed by atoms with Crippen LogP contribution < -0.4 is 5.32 Å². The quantitative estimate of drug-likeness (QED) is 0.779. The number of hydrogen-bond donors (Lipinski definition) is 2. The highest BCUT2D eigenvalue weighted by Gasteiger charge is 2.43. The minimum atomic E-state index is -1.02. The zero-order valence-electron chi connectivity index (χ0n) is 12.5. The second kappa shape index (κ2) is 5.72. The van der Waals surface area contributed by atoms with Crippen LogP contribution in [0.25, 0.3) is 0 Å². The highest BCUT2D eigenvalue weighted by atomic mass is 16.5.